The first kappa shape index (κ1) is 27.2. The second-order valence-corrected chi connectivity index (χ2v) is 11.6. The molecule has 6 atom stereocenters. The van der Waals surface area contributed by atoms with E-state index in [9.17, 15) is 19.5 Å². The van der Waals surface area contributed by atoms with Crippen LogP contribution in [0.25, 0.3) is 0 Å². The molecule has 0 aliphatic carbocycles. The molecule has 0 aromatic carbocycles. The van der Waals surface area contributed by atoms with Gasteiger partial charge in [0.15, 0.2) is 0 Å². The summed E-state index contributed by atoms with van der Waals surface area (Å²) in [5.41, 5.74) is 0. The number of thioether (sulfide) groups is 1. The van der Waals surface area contributed by atoms with Crippen molar-refractivity contribution in [2.24, 2.45) is 11.8 Å². The van der Waals surface area contributed by atoms with E-state index in [-0.39, 0.29) is 30.3 Å². The van der Waals surface area contributed by atoms with Gasteiger partial charge in [-0.15, -0.1) is 18.3 Å². The van der Waals surface area contributed by atoms with Crippen LogP contribution in [0.5, 0.6) is 0 Å². The standard InChI is InChI=1S/C26H39N3O6S/c1-4-9-28(11-10-27-12-15-34-16-13-27)24(32)22-26-8-7-19(36-26)20(25(33)35-14-5-2)21(26)23(31)29(22)18(6-3)17-30/h4-5,18-22,30H,1-2,6-17H2,3H3/t18-,19+,20-,21-,22?,26?/m0/s1. The van der Waals surface area contributed by atoms with E-state index in [0.29, 0.717) is 45.7 Å². The van der Waals surface area contributed by atoms with Crippen LogP contribution in [-0.2, 0) is 23.9 Å². The third kappa shape index (κ3) is 4.73. The second kappa shape index (κ2) is 11.7. The number of carbonyl (C=O) groups is 3. The Morgan fingerprint density at radius 3 is 2.72 bits per heavy atom. The minimum atomic E-state index is -0.732. The molecular formula is C26H39N3O6S. The summed E-state index contributed by atoms with van der Waals surface area (Å²) in [5.74, 6) is -1.95. The molecule has 36 heavy (non-hydrogen) atoms. The van der Waals surface area contributed by atoms with Gasteiger partial charge < -0.3 is 24.4 Å². The molecule has 4 rings (SSSR count). The molecule has 10 heteroatoms. The molecule has 2 bridgehead atoms. The maximum atomic E-state index is 14.3. The summed E-state index contributed by atoms with van der Waals surface area (Å²) in [6, 6.07) is -1.22. The summed E-state index contributed by atoms with van der Waals surface area (Å²) in [6.07, 6.45) is 5.19. The number of amides is 2. The highest BCUT2D eigenvalue weighted by Gasteiger charge is 2.74. The Morgan fingerprint density at radius 1 is 1.33 bits per heavy atom. The van der Waals surface area contributed by atoms with Gasteiger partial charge in [0.1, 0.15) is 12.6 Å². The van der Waals surface area contributed by atoms with E-state index < -0.39 is 34.6 Å². The van der Waals surface area contributed by atoms with Gasteiger partial charge in [-0.05, 0) is 19.3 Å². The Kier molecular flexibility index (Phi) is 8.80. The highest BCUT2D eigenvalue weighted by molar-refractivity contribution is 8.02. The van der Waals surface area contributed by atoms with Crippen molar-refractivity contribution >= 4 is 29.5 Å². The molecule has 2 unspecified atom stereocenters. The summed E-state index contributed by atoms with van der Waals surface area (Å²) in [5, 5.41) is 10.1. The minimum Gasteiger partial charge on any atom is -0.461 e. The van der Waals surface area contributed by atoms with Gasteiger partial charge in [-0.25, -0.2) is 0 Å². The number of morpholine rings is 1. The van der Waals surface area contributed by atoms with Crippen molar-refractivity contribution < 1.29 is 29.0 Å². The first-order valence-corrected chi connectivity index (χ1v) is 13.9. The van der Waals surface area contributed by atoms with E-state index >= 15 is 0 Å². The quantitative estimate of drug-likeness (QED) is 0.299. The molecule has 200 valence electrons. The predicted octanol–water partition coefficient (Wildman–Crippen LogP) is 0.925. The van der Waals surface area contributed by atoms with Gasteiger partial charge in [0.25, 0.3) is 0 Å². The van der Waals surface area contributed by atoms with Gasteiger partial charge in [-0.2, -0.15) is 0 Å². The Morgan fingerprint density at radius 2 is 2.08 bits per heavy atom. The Labute approximate surface area is 217 Å². The largest absolute Gasteiger partial charge is 0.461 e. The molecule has 0 aromatic rings. The maximum Gasteiger partial charge on any atom is 0.311 e. The lowest BCUT2D eigenvalue weighted by molar-refractivity contribution is -0.153. The van der Waals surface area contributed by atoms with Crippen LogP contribution in [0.1, 0.15) is 26.2 Å². The van der Waals surface area contributed by atoms with Crippen molar-refractivity contribution in [2.75, 3.05) is 59.2 Å². The third-order valence-electron chi connectivity index (χ3n) is 8.11. The topological polar surface area (TPSA) is 99.6 Å². The summed E-state index contributed by atoms with van der Waals surface area (Å²) < 4.78 is 10.1. The molecule has 0 saturated carbocycles. The molecule has 4 fully saturated rings. The summed E-state index contributed by atoms with van der Waals surface area (Å²) in [6.45, 7) is 13.8. The zero-order valence-electron chi connectivity index (χ0n) is 21.2. The third-order valence-corrected chi connectivity index (χ3v) is 10.1. The van der Waals surface area contributed by atoms with Crippen molar-refractivity contribution in [3.8, 4) is 0 Å². The van der Waals surface area contributed by atoms with Gasteiger partial charge in [-0.3, -0.25) is 19.3 Å². The van der Waals surface area contributed by atoms with Gasteiger partial charge >= 0.3 is 5.97 Å². The van der Waals surface area contributed by atoms with Crippen LogP contribution in [0, 0.1) is 11.8 Å². The number of hydrogen-bond acceptors (Lipinski definition) is 8. The lowest BCUT2D eigenvalue weighted by Gasteiger charge is -2.40. The average molecular weight is 522 g/mol. The van der Waals surface area contributed by atoms with E-state index in [1.807, 2.05) is 6.92 Å². The smallest absolute Gasteiger partial charge is 0.311 e. The van der Waals surface area contributed by atoms with E-state index in [1.165, 1.54) is 6.08 Å². The lowest BCUT2D eigenvalue weighted by Crippen LogP contribution is -2.58. The number of aliphatic hydroxyl groups excluding tert-OH is 1. The van der Waals surface area contributed by atoms with Crippen molar-refractivity contribution in [3.63, 3.8) is 0 Å². The number of ether oxygens (including phenoxy) is 2. The number of hydrogen-bond donors (Lipinski definition) is 1. The number of fused-ring (bicyclic) bond motifs is 1. The molecule has 4 saturated heterocycles. The average Bonchev–Trinajstić information content (AvgIpc) is 3.54. The van der Waals surface area contributed by atoms with Crippen LogP contribution in [0.15, 0.2) is 25.3 Å². The van der Waals surface area contributed by atoms with Crippen LogP contribution in [-0.4, -0.2) is 119 Å². The van der Waals surface area contributed by atoms with Gasteiger partial charge in [0.2, 0.25) is 11.8 Å². The van der Waals surface area contributed by atoms with Gasteiger partial charge in [0.05, 0.1) is 42.4 Å². The molecule has 9 nitrogen and oxygen atoms in total. The van der Waals surface area contributed by atoms with Crippen LogP contribution in [0.4, 0.5) is 0 Å². The van der Waals surface area contributed by atoms with Crippen molar-refractivity contribution in [1.82, 2.24) is 14.7 Å². The van der Waals surface area contributed by atoms with Crippen LogP contribution in [0.2, 0.25) is 0 Å². The van der Waals surface area contributed by atoms with E-state index in [2.05, 4.69) is 18.1 Å². The molecule has 0 aromatic heterocycles. The number of carbonyl (C=O) groups excluding carboxylic acids is 3. The number of nitrogens with zero attached hydrogens (tertiary/aromatic N) is 3. The Balaban J connectivity index is 1.65. The van der Waals surface area contributed by atoms with Crippen molar-refractivity contribution in [2.45, 2.75) is 48.3 Å². The molecule has 0 radical (unpaired) electrons. The lowest BCUT2D eigenvalue weighted by atomic mass is 9.71. The first-order chi connectivity index (χ1) is 17.4. The second-order valence-electron chi connectivity index (χ2n) is 9.99. The molecule has 1 N–H and O–H groups in total. The van der Waals surface area contributed by atoms with Crippen molar-refractivity contribution in [1.29, 1.82) is 0 Å². The number of aliphatic hydroxyl groups is 1. The van der Waals surface area contributed by atoms with Crippen molar-refractivity contribution in [3.05, 3.63) is 25.3 Å². The zero-order chi connectivity index (χ0) is 25.9. The minimum absolute atomic E-state index is 0.0517. The van der Waals surface area contributed by atoms with Crippen LogP contribution < -0.4 is 0 Å². The predicted molar refractivity (Wildman–Crippen MR) is 137 cm³/mol. The van der Waals surface area contributed by atoms with E-state index in [0.717, 1.165) is 19.5 Å². The first-order valence-electron chi connectivity index (χ1n) is 13.0. The van der Waals surface area contributed by atoms with E-state index in [1.54, 1.807) is 27.6 Å². The summed E-state index contributed by atoms with van der Waals surface area (Å²) in [4.78, 5) is 47.0. The fourth-order valence-electron chi connectivity index (χ4n) is 6.39. The summed E-state index contributed by atoms with van der Waals surface area (Å²) in [7, 11) is 0. The SMILES string of the molecule is C=CCOC(=O)[C@@H]1[C@H]2C(=O)N([C@@H](CC)CO)C(C(=O)N(CC=C)CCN3CCOCC3)C23CC[C@H]1S3. The zero-order valence-corrected chi connectivity index (χ0v) is 22.0. The number of likely N-dealkylation sites (tertiary alicyclic amines) is 1. The number of esters is 1. The molecule has 1 spiro atoms. The maximum absolute atomic E-state index is 14.3. The van der Waals surface area contributed by atoms with Gasteiger partial charge in [-0.1, -0.05) is 25.7 Å². The van der Waals surface area contributed by atoms with Gasteiger partial charge in [0, 0.05) is 38.0 Å². The normalized spacial score (nSPS) is 32.3. The molecule has 4 heterocycles. The molecule has 4 aliphatic heterocycles. The fourth-order valence-corrected chi connectivity index (χ4v) is 8.58. The monoisotopic (exact) mass is 521 g/mol. The highest BCUT2D eigenvalue weighted by atomic mass is 32.2. The van der Waals surface area contributed by atoms with E-state index in [4.69, 9.17) is 9.47 Å². The molecule has 2 amide bonds. The highest BCUT2D eigenvalue weighted by Crippen LogP contribution is 2.67. The summed E-state index contributed by atoms with van der Waals surface area (Å²) >= 11 is 1.61. The van der Waals surface area contributed by atoms with Crippen LogP contribution in [0.3, 0.4) is 0 Å². The Hall–Kier alpha value is -1.88. The molecular weight excluding hydrogens is 482 g/mol. The van der Waals surface area contributed by atoms with Crippen LogP contribution >= 0.6 is 11.8 Å². The fraction of sp³-hybridized carbons (Fsp3) is 0.731. The molecule has 4 aliphatic rings. The number of rotatable bonds is 12. The Bertz CT molecular complexity index is 861.